The van der Waals surface area contributed by atoms with E-state index < -0.39 is 0 Å². The van der Waals surface area contributed by atoms with E-state index in [1.165, 1.54) is 10.4 Å². The number of thiocarbonyl (C=S) groups is 1. The van der Waals surface area contributed by atoms with Gasteiger partial charge in [-0.2, -0.15) is 0 Å². The maximum atomic E-state index is 5.79. The van der Waals surface area contributed by atoms with Gasteiger partial charge in [0, 0.05) is 23.0 Å². The molecule has 2 N–H and O–H groups in total. The van der Waals surface area contributed by atoms with Gasteiger partial charge in [0.15, 0.2) is 0 Å². The van der Waals surface area contributed by atoms with Crippen LogP contribution in [0.3, 0.4) is 0 Å². The maximum Gasteiger partial charge on any atom is 0.104 e. The van der Waals surface area contributed by atoms with E-state index in [1.807, 2.05) is 29.5 Å². The Kier molecular flexibility index (Phi) is 5.29. The molecule has 1 aromatic heterocycles. The van der Waals surface area contributed by atoms with Crippen LogP contribution >= 0.6 is 23.6 Å². The maximum absolute atomic E-state index is 5.79. The minimum absolute atomic E-state index is 0.472. The summed E-state index contributed by atoms with van der Waals surface area (Å²) in [4.78, 5) is 4.24. The third-order valence-corrected chi connectivity index (χ3v) is 4.65. The van der Waals surface area contributed by atoms with Crippen molar-refractivity contribution in [1.29, 1.82) is 0 Å². The molecule has 0 saturated carbocycles. The van der Waals surface area contributed by atoms with Gasteiger partial charge < -0.3 is 5.73 Å². The molecule has 1 unspecified atom stereocenters. The topological polar surface area (TPSA) is 29.3 Å². The summed E-state index contributed by atoms with van der Waals surface area (Å²) in [6.45, 7) is 3.11. The Morgan fingerprint density at radius 3 is 2.70 bits per heavy atom. The van der Waals surface area contributed by atoms with Crippen molar-refractivity contribution in [3.63, 3.8) is 0 Å². The second-order valence-electron chi connectivity index (χ2n) is 5.07. The van der Waals surface area contributed by atoms with Crippen LogP contribution in [0.5, 0.6) is 0 Å². The van der Waals surface area contributed by atoms with Crippen LogP contribution in [-0.4, -0.2) is 23.0 Å². The van der Waals surface area contributed by atoms with Gasteiger partial charge in [-0.25, -0.2) is 0 Å². The normalized spacial score (nSPS) is 12.6. The van der Waals surface area contributed by atoms with E-state index >= 15 is 0 Å². The summed E-state index contributed by atoms with van der Waals surface area (Å²) >= 11 is 6.94. The van der Waals surface area contributed by atoms with Crippen LogP contribution in [-0.2, 0) is 13.0 Å². The fourth-order valence-electron chi connectivity index (χ4n) is 2.20. The summed E-state index contributed by atoms with van der Waals surface area (Å²) in [6.07, 6.45) is 1.07. The SMILES string of the molecule is CC(Cc1cccs1)N(C)Cc1ccccc1C(N)=S. The molecule has 106 valence electrons. The molecule has 0 aliphatic carbocycles. The van der Waals surface area contributed by atoms with E-state index in [0.717, 1.165) is 18.5 Å². The van der Waals surface area contributed by atoms with Crippen LogP contribution in [0.15, 0.2) is 41.8 Å². The van der Waals surface area contributed by atoms with Gasteiger partial charge in [-0.15, -0.1) is 11.3 Å². The predicted octanol–water partition coefficient (Wildman–Crippen LogP) is 3.45. The number of nitrogens with two attached hydrogens (primary N) is 1. The van der Waals surface area contributed by atoms with E-state index in [0.29, 0.717) is 11.0 Å². The van der Waals surface area contributed by atoms with E-state index in [9.17, 15) is 0 Å². The van der Waals surface area contributed by atoms with Gasteiger partial charge in [0.05, 0.1) is 0 Å². The monoisotopic (exact) mass is 304 g/mol. The standard InChI is InChI=1S/C16H20N2S2/c1-12(10-14-7-5-9-20-14)18(2)11-13-6-3-4-8-15(13)16(17)19/h3-9,12H,10-11H2,1-2H3,(H2,17,19). The molecule has 1 atom stereocenters. The summed E-state index contributed by atoms with van der Waals surface area (Å²) in [7, 11) is 2.15. The molecule has 2 nitrogen and oxygen atoms in total. The van der Waals surface area contributed by atoms with Crippen molar-refractivity contribution in [1.82, 2.24) is 4.90 Å². The van der Waals surface area contributed by atoms with Crippen molar-refractivity contribution in [2.75, 3.05) is 7.05 Å². The highest BCUT2D eigenvalue weighted by molar-refractivity contribution is 7.80. The van der Waals surface area contributed by atoms with Gasteiger partial charge in [-0.3, -0.25) is 4.90 Å². The van der Waals surface area contributed by atoms with Gasteiger partial charge in [-0.05, 0) is 37.4 Å². The van der Waals surface area contributed by atoms with Crippen LogP contribution in [0.25, 0.3) is 0 Å². The van der Waals surface area contributed by atoms with Gasteiger partial charge in [0.2, 0.25) is 0 Å². The van der Waals surface area contributed by atoms with Gasteiger partial charge in [-0.1, -0.05) is 42.5 Å². The molecule has 1 aromatic carbocycles. The van der Waals surface area contributed by atoms with Crippen molar-refractivity contribution in [3.8, 4) is 0 Å². The fourth-order valence-corrected chi connectivity index (χ4v) is 3.22. The Hall–Kier alpha value is -1.23. The first-order valence-corrected chi connectivity index (χ1v) is 7.97. The highest BCUT2D eigenvalue weighted by Crippen LogP contribution is 2.17. The molecule has 0 aliphatic heterocycles. The first kappa shape index (κ1) is 15.2. The molecule has 0 saturated heterocycles. The first-order chi connectivity index (χ1) is 9.58. The highest BCUT2D eigenvalue weighted by atomic mass is 32.1. The van der Waals surface area contributed by atoms with Crippen molar-refractivity contribution < 1.29 is 0 Å². The summed E-state index contributed by atoms with van der Waals surface area (Å²) in [5, 5.41) is 2.13. The van der Waals surface area contributed by atoms with Crippen molar-refractivity contribution in [2.24, 2.45) is 5.73 Å². The number of rotatable bonds is 6. The first-order valence-electron chi connectivity index (χ1n) is 6.68. The summed E-state index contributed by atoms with van der Waals surface area (Å²) < 4.78 is 0. The molecule has 0 radical (unpaired) electrons. The number of nitrogens with zero attached hydrogens (tertiary/aromatic N) is 1. The second-order valence-corrected chi connectivity index (χ2v) is 6.54. The van der Waals surface area contributed by atoms with Gasteiger partial charge >= 0.3 is 0 Å². The van der Waals surface area contributed by atoms with E-state index in [2.05, 4.69) is 42.5 Å². The van der Waals surface area contributed by atoms with E-state index in [4.69, 9.17) is 18.0 Å². The minimum Gasteiger partial charge on any atom is -0.389 e. The number of hydrogen-bond donors (Lipinski definition) is 1. The van der Waals surface area contributed by atoms with Crippen LogP contribution in [0.2, 0.25) is 0 Å². The highest BCUT2D eigenvalue weighted by Gasteiger charge is 2.13. The quantitative estimate of drug-likeness (QED) is 0.829. The molecule has 0 aliphatic rings. The van der Waals surface area contributed by atoms with Crippen molar-refractivity contribution in [3.05, 3.63) is 57.8 Å². The smallest absolute Gasteiger partial charge is 0.104 e. The minimum atomic E-state index is 0.472. The number of benzene rings is 1. The summed E-state index contributed by atoms with van der Waals surface area (Å²) in [6, 6.07) is 12.9. The third-order valence-electron chi connectivity index (χ3n) is 3.53. The zero-order chi connectivity index (χ0) is 14.5. The molecule has 2 rings (SSSR count). The molecule has 0 bridgehead atoms. The molecule has 0 amide bonds. The van der Waals surface area contributed by atoms with Crippen LogP contribution in [0, 0.1) is 0 Å². The second kappa shape index (κ2) is 6.97. The lowest BCUT2D eigenvalue weighted by molar-refractivity contribution is 0.249. The number of hydrogen-bond acceptors (Lipinski definition) is 3. The molecule has 0 fully saturated rings. The fraction of sp³-hybridized carbons (Fsp3) is 0.312. The molecule has 20 heavy (non-hydrogen) atoms. The summed E-state index contributed by atoms with van der Waals surface area (Å²) in [5.41, 5.74) is 7.97. The molecule has 4 heteroatoms. The molecule has 0 spiro atoms. The zero-order valence-corrected chi connectivity index (χ0v) is 13.5. The van der Waals surface area contributed by atoms with Crippen LogP contribution in [0.1, 0.15) is 22.9 Å². The van der Waals surface area contributed by atoms with Gasteiger partial charge in [0.1, 0.15) is 4.99 Å². The lowest BCUT2D eigenvalue weighted by Gasteiger charge is -2.25. The third kappa shape index (κ3) is 3.88. The Morgan fingerprint density at radius 1 is 1.30 bits per heavy atom. The largest absolute Gasteiger partial charge is 0.389 e. The number of thiophene rings is 1. The molecular formula is C16H20N2S2. The molecule has 1 heterocycles. The average molecular weight is 304 g/mol. The van der Waals surface area contributed by atoms with Crippen LogP contribution in [0.4, 0.5) is 0 Å². The van der Waals surface area contributed by atoms with E-state index in [-0.39, 0.29) is 0 Å². The van der Waals surface area contributed by atoms with Crippen LogP contribution < -0.4 is 5.73 Å². The predicted molar refractivity (Wildman–Crippen MR) is 91.3 cm³/mol. The lowest BCUT2D eigenvalue weighted by Crippen LogP contribution is -2.31. The van der Waals surface area contributed by atoms with Gasteiger partial charge in [0.25, 0.3) is 0 Å². The molecule has 2 aromatic rings. The Morgan fingerprint density at radius 2 is 2.05 bits per heavy atom. The molecular weight excluding hydrogens is 284 g/mol. The lowest BCUT2D eigenvalue weighted by atomic mass is 10.1. The Labute approximate surface area is 130 Å². The van der Waals surface area contributed by atoms with E-state index in [1.54, 1.807) is 0 Å². The summed E-state index contributed by atoms with van der Waals surface area (Å²) in [5.74, 6) is 0. The van der Waals surface area contributed by atoms with Crippen molar-refractivity contribution >= 4 is 28.5 Å². The van der Waals surface area contributed by atoms with Crippen molar-refractivity contribution in [2.45, 2.75) is 25.9 Å². The zero-order valence-electron chi connectivity index (χ0n) is 11.9. The Balaban J connectivity index is 2.04. The average Bonchev–Trinajstić information content (AvgIpc) is 2.91. The number of likely N-dealkylation sites (N-methyl/N-ethyl adjacent to an activating group) is 1. The Bertz CT molecular complexity index is 564.